The summed E-state index contributed by atoms with van der Waals surface area (Å²) in [5, 5.41) is 4.07. The van der Waals surface area contributed by atoms with E-state index in [0.717, 1.165) is 35.2 Å². The van der Waals surface area contributed by atoms with Crippen molar-refractivity contribution >= 4 is 33.3 Å². The third-order valence-electron chi connectivity index (χ3n) is 3.67. The Morgan fingerprint density at radius 3 is 3.21 bits per heavy atom. The predicted molar refractivity (Wildman–Crippen MR) is 78.7 cm³/mol. The Balaban J connectivity index is 1.74. The van der Waals surface area contributed by atoms with Gasteiger partial charge in [-0.3, -0.25) is 0 Å². The van der Waals surface area contributed by atoms with Crippen LogP contribution in [0.15, 0.2) is 24.4 Å². The van der Waals surface area contributed by atoms with Crippen LogP contribution in [-0.2, 0) is 0 Å². The number of nitrogens with zero attached hydrogens (tertiary/aromatic N) is 2. The van der Waals surface area contributed by atoms with Crippen molar-refractivity contribution in [1.82, 2.24) is 9.27 Å². The molecule has 1 atom stereocenters. The lowest BCUT2D eigenvalue weighted by atomic mass is 10.0. The zero-order valence-electron chi connectivity index (χ0n) is 10.9. The van der Waals surface area contributed by atoms with Crippen molar-refractivity contribution in [1.29, 1.82) is 0 Å². The van der Waals surface area contributed by atoms with Crippen molar-refractivity contribution in [3.05, 3.63) is 24.4 Å². The second kappa shape index (κ2) is 5.17. The number of likely N-dealkylation sites (tertiary alicyclic amines) is 1. The maximum absolute atomic E-state index is 12.3. The lowest BCUT2D eigenvalue weighted by Gasteiger charge is -2.33. The molecule has 2 aromatic rings. The van der Waals surface area contributed by atoms with Crippen LogP contribution in [0.2, 0.25) is 0 Å². The number of piperidine rings is 1. The molecule has 4 nitrogen and oxygen atoms in total. The molecule has 1 aromatic heterocycles. The Labute approximate surface area is 116 Å². The van der Waals surface area contributed by atoms with Crippen LogP contribution in [0.3, 0.4) is 0 Å². The molecule has 0 spiro atoms. The summed E-state index contributed by atoms with van der Waals surface area (Å²) in [6.45, 7) is 2.97. The number of aromatic nitrogens is 1. The van der Waals surface area contributed by atoms with Gasteiger partial charge in [-0.15, -0.1) is 0 Å². The zero-order valence-corrected chi connectivity index (χ0v) is 11.7. The Hall–Kier alpha value is -1.62. The monoisotopic (exact) mass is 275 g/mol. The van der Waals surface area contributed by atoms with Crippen LogP contribution in [-0.4, -0.2) is 27.9 Å². The first-order valence-electron chi connectivity index (χ1n) is 6.66. The highest BCUT2D eigenvalue weighted by Crippen LogP contribution is 2.23. The van der Waals surface area contributed by atoms with Gasteiger partial charge in [0.05, 0.1) is 4.70 Å². The molecule has 0 bridgehead atoms. The van der Waals surface area contributed by atoms with Crippen molar-refractivity contribution in [3.8, 4) is 0 Å². The maximum atomic E-state index is 12.3. The van der Waals surface area contributed by atoms with E-state index in [0.29, 0.717) is 6.04 Å². The van der Waals surface area contributed by atoms with Gasteiger partial charge in [0.2, 0.25) is 0 Å². The number of urea groups is 1. The van der Waals surface area contributed by atoms with E-state index in [1.165, 1.54) is 18.0 Å². The first-order valence-corrected chi connectivity index (χ1v) is 7.43. The van der Waals surface area contributed by atoms with Gasteiger partial charge in [0.1, 0.15) is 0 Å². The summed E-state index contributed by atoms with van der Waals surface area (Å²) in [7, 11) is 0. The second-order valence-electron chi connectivity index (χ2n) is 5.05. The van der Waals surface area contributed by atoms with Crippen LogP contribution < -0.4 is 5.32 Å². The first-order chi connectivity index (χ1) is 9.24. The maximum Gasteiger partial charge on any atom is 0.322 e. The molecule has 100 valence electrons. The van der Waals surface area contributed by atoms with Gasteiger partial charge >= 0.3 is 6.03 Å². The van der Waals surface area contributed by atoms with Crippen molar-refractivity contribution in [3.63, 3.8) is 0 Å². The minimum atomic E-state index is 0.00902. The van der Waals surface area contributed by atoms with Crippen LogP contribution in [0, 0.1) is 0 Å². The summed E-state index contributed by atoms with van der Waals surface area (Å²) >= 11 is 1.47. The van der Waals surface area contributed by atoms with Crippen LogP contribution in [0.4, 0.5) is 10.5 Å². The summed E-state index contributed by atoms with van der Waals surface area (Å²) in [5.41, 5.74) is 0.843. The van der Waals surface area contributed by atoms with Gasteiger partial charge in [0.15, 0.2) is 0 Å². The SMILES string of the molecule is CC1CCCCN1C(=O)Nc1ccc2sncc2c1. The van der Waals surface area contributed by atoms with Gasteiger partial charge in [-0.25, -0.2) is 4.79 Å². The third kappa shape index (κ3) is 2.56. The van der Waals surface area contributed by atoms with E-state index in [4.69, 9.17) is 0 Å². The van der Waals surface area contributed by atoms with Gasteiger partial charge < -0.3 is 10.2 Å². The largest absolute Gasteiger partial charge is 0.322 e. The summed E-state index contributed by atoms with van der Waals surface area (Å²) in [6.07, 6.45) is 5.25. The topological polar surface area (TPSA) is 45.2 Å². The van der Waals surface area contributed by atoms with E-state index in [1.54, 1.807) is 0 Å². The molecule has 1 N–H and O–H groups in total. The third-order valence-corrected chi connectivity index (χ3v) is 4.45. The van der Waals surface area contributed by atoms with E-state index in [1.807, 2.05) is 29.3 Å². The average Bonchev–Trinajstić information content (AvgIpc) is 2.86. The second-order valence-corrected chi connectivity index (χ2v) is 5.88. The number of carbonyl (C=O) groups is 1. The summed E-state index contributed by atoms with van der Waals surface area (Å²) in [6, 6.07) is 6.26. The number of fused-ring (bicyclic) bond motifs is 1. The van der Waals surface area contributed by atoms with Crippen molar-refractivity contribution in [2.75, 3.05) is 11.9 Å². The molecule has 1 fully saturated rings. The Morgan fingerprint density at radius 1 is 1.47 bits per heavy atom. The number of hydrogen-bond acceptors (Lipinski definition) is 3. The van der Waals surface area contributed by atoms with Crippen LogP contribution in [0.5, 0.6) is 0 Å². The molecule has 3 rings (SSSR count). The number of benzene rings is 1. The van der Waals surface area contributed by atoms with Crippen LogP contribution in [0.25, 0.3) is 10.1 Å². The quantitative estimate of drug-likeness (QED) is 0.862. The minimum Gasteiger partial charge on any atom is -0.322 e. The van der Waals surface area contributed by atoms with E-state index in [9.17, 15) is 4.79 Å². The Kier molecular flexibility index (Phi) is 3.38. The molecule has 1 unspecified atom stereocenters. The standard InChI is InChI=1S/C14H17N3OS/c1-10-4-2-3-7-17(10)14(18)16-12-5-6-13-11(8-12)9-15-19-13/h5-6,8-10H,2-4,7H2,1H3,(H,16,18). The van der Waals surface area contributed by atoms with Gasteiger partial charge in [-0.1, -0.05) is 0 Å². The van der Waals surface area contributed by atoms with E-state index >= 15 is 0 Å². The van der Waals surface area contributed by atoms with Crippen molar-refractivity contribution in [2.24, 2.45) is 0 Å². The summed E-state index contributed by atoms with van der Waals surface area (Å²) in [5.74, 6) is 0. The summed E-state index contributed by atoms with van der Waals surface area (Å²) in [4.78, 5) is 14.2. The highest BCUT2D eigenvalue weighted by molar-refractivity contribution is 7.13. The first kappa shape index (κ1) is 12.4. The smallest absolute Gasteiger partial charge is 0.322 e. The van der Waals surface area contributed by atoms with Gasteiger partial charge in [-0.2, -0.15) is 4.37 Å². The zero-order chi connectivity index (χ0) is 13.2. The molecule has 0 saturated carbocycles. The number of nitrogens with one attached hydrogen (secondary N) is 1. The number of carbonyl (C=O) groups excluding carboxylic acids is 1. The summed E-state index contributed by atoms with van der Waals surface area (Å²) < 4.78 is 5.28. The number of rotatable bonds is 1. The Bertz CT molecular complexity index is 595. The van der Waals surface area contributed by atoms with Crippen molar-refractivity contribution in [2.45, 2.75) is 32.2 Å². The molecular weight excluding hydrogens is 258 g/mol. The molecule has 2 amide bonds. The minimum absolute atomic E-state index is 0.00902. The molecule has 0 aliphatic carbocycles. The molecule has 19 heavy (non-hydrogen) atoms. The number of anilines is 1. The van der Waals surface area contributed by atoms with Gasteiger partial charge in [0.25, 0.3) is 0 Å². The molecule has 0 radical (unpaired) electrons. The van der Waals surface area contributed by atoms with E-state index < -0.39 is 0 Å². The average molecular weight is 275 g/mol. The molecule has 1 aliphatic rings. The van der Waals surface area contributed by atoms with Crippen LogP contribution >= 0.6 is 11.5 Å². The van der Waals surface area contributed by atoms with E-state index in [2.05, 4.69) is 16.6 Å². The fourth-order valence-corrected chi connectivity index (χ4v) is 3.17. The highest BCUT2D eigenvalue weighted by Gasteiger charge is 2.23. The van der Waals surface area contributed by atoms with E-state index in [-0.39, 0.29) is 6.03 Å². The molecule has 5 heteroatoms. The molecule has 1 aliphatic heterocycles. The molecule has 2 heterocycles. The fourth-order valence-electron chi connectivity index (χ4n) is 2.55. The lowest BCUT2D eigenvalue weighted by molar-refractivity contribution is 0.170. The van der Waals surface area contributed by atoms with Gasteiger partial charge in [-0.05, 0) is 55.9 Å². The Morgan fingerprint density at radius 2 is 2.37 bits per heavy atom. The normalized spacial score (nSPS) is 19.6. The molecule has 1 aromatic carbocycles. The fraction of sp³-hybridized carbons (Fsp3) is 0.429. The predicted octanol–water partition coefficient (Wildman–Crippen LogP) is 3.70. The lowest BCUT2D eigenvalue weighted by Crippen LogP contribution is -2.44. The van der Waals surface area contributed by atoms with Gasteiger partial charge in [0, 0.05) is 29.9 Å². The molecule has 1 saturated heterocycles. The number of amides is 2. The molecular formula is C14H17N3OS. The number of hydrogen-bond donors (Lipinski definition) is 1. The highest BCUT2D eigenvalue weighted by atomic mass is 32.1. The van der Waals surface area contributed by atoms with Crippen molar-refractivity contribution < 1.29 is 4.79 Å². The van der Waals surface area contributed by atoms with Crippen LogP contribution in [0.1, 0.15) is 26.2 Å².